The first-order valence-electron chi connectivity index (χ1n) is 6.64. The second-order valence-corrected chi connectivity index (χ2v) is 5.99. The van der Waals surface area contributed by atoms with E-state index in [2.05, 4.69) is 10.3 Å². The fourth-order valence-corrected chi connectivity index (χ4v) is 3.10. The van der Waals surface area contributed by atoms with Gasteiger partial charge in [-0.15, -0.1) is 11.3 Å². The third-order valence-corrected chi connectivity index (χ3v) is 4.22. The SMILES string of the molecule is Cc1sc(-c2ccco2)nc1C(=O)N[C@@H]1CCCOC1. The lowest BCUT2D eigenvalue weighted by molar-refractivity contribution is 0.0622. The molecule has 0 saturated carbocycles. The van der Waals surface area contributed by atoms with Crippen molar-refractivity contribution in [1.82, 2.24) is 10.3 Å². The van der Waals surface area contributed by atoms with Crippen molar-refractivity contribution in [2.24, 2.45) is 0 Å². The van der Waals surface area contributed by atoms with Gasteiger partial charge >= 0.3 is 0 Å². The number of amides is 1. The first-order chi connectivity index (χ1) is 9.74. The van der Waals surface area contributed by atoms with Crippen LogP contribution in [0.1, 0.15) is 28.2 Å². The van der Waals surface area contributed by atoms with Gasteiger partial charge in [0.15, 0.2) is 10.8 Å². The van der Waals surface area contributed by atoms with Gasteiger partial charge in [0.2, 0.25) is 0 Å². The van der Waals surface area contributed by atoms with Crippen LogP contribution in [-0.2, 0) is 4.74 Å². The number of carbonyl (C=O) groups excluding carboxylic acids is 1. The molecule has 0 radical (unpaired) electrons. The zero-order valence-electron chi connectivity index (χ0n) is 11.2. The summed E-state index contributed by atoms with van der Waals surface area (Å²) in [4.78, 5) is 17.5. The van der Waals surface area contributed by atoms with Crippen LogP contribution in [0.25, 0.3) is 10.8 Å². The number of aromatic nitrogens is 1. The minimum atomic E-state index is -0.132. The zero-order chi connectivity index (χ0) is 13.9. The molecule has 20 heavy (non-hydrogen) atoms. The third kappa shape index (κ3) is 2.76. The molecule has 1 aliphatic rings. The van der Waals surface area contributed by atoms with Crippen LogP contribution < -0.4 is 5.32 Å². The molecule has 2 aromatic rings. The van der Waals surface area contributed by atoms with Crippen LogP contribution in [0.15, 0.2) is 22.8 Å². The third-order valence-electron chi connectivity index (χ3n) is 3.24. The van der Waals surface area contributed by atoms with Crippen LogP contribution in [-0.4, -0.2) is 30.1 Å². The van der Waals surface area contributed by atoms with E-state index < -0.39 is 0 Å². The monoisotopic (exact) mass is 292 g/mol. The molecule has 0 unspecified atom stereocenters. The van der Waals surface area contributed by atoms with E-state index in [4.69, 9.17) is 9.15 Å². The maximum Gasteiger partial charge on any atom is 0.271 e. The van der Waals surface area contributed by atoms with Gasteiger partial charge in [-0.3, -0.25) is 4.79 Å². The van der Waals surface area contributed by atoms with Gasteiger partial charge in [-0.1, -0.05) is 0 Å². The summed E-state index contributed by atoms with van der Waals surface area (Å²) in [5, 5.41) is 3.72. The highest BCUT2D eigenvalue weighted by Gasteiger charge is 2.21. The van der Waals surface area contributed by atoms with Crippen LogP contribution >= 0.6 is 11.3 Å². The normalized spacial score (nSPS) is 18.9. The molecule has 1 amide bonds. The molecular formula is C14H16N2O3S. The molecule has 1 saturated heterocycles. The first kappa shape index (κ1) is 13.3. The Morgan fingerprint density at radius 2 is 2.45 bits per heavy atom. The molecule has 6 heteroatoms. The fourth-order valence-electron chi connectivity index (χ4n) is 2.22. The predicted octanol–water partition coefficient (Wildman–Crippen LogP) is 2.62. The molecule has 0 aromatic carbocycles. The Kier molecular flexibility index (Phi) is 3.84. The van der Waals surface area contributed by atoms with Crippen molar-refractivity contribution in [3.8, 4) is 10.8 Å². The predicted molar refractivity (Wildman–Crippen MR) is 75.9 cm³/mol. The molecule has 3 heterocycles. The van der Waals surface area contributed by atoms with Crippen LogP contribution in [0, 0.1) is 6.92 Å². The van der Waals surface area contributed by atoms with Crippen molar-refractivity contribution in [2.45, 2.75) is 25.8 Å². The Morgan fingerprint density at radius 1 is 1.55 bits per heavy atom. The van der Waals surface area contributed by atoms with Crippen molar-refractivity contribution in [3.05, 3.63) is 29.0 Å². The summed E-state index contributed by atoms with van der Waals surface area (Å²) in [6, 6.07) is 3.74. The molecule has 0 spiro atoms. The molecule has 2 aromatic heterocycles. The Balaban J connectivity index is 1.74. The molecule has 106 valence electrons. The number of hydrogen-bond donors (Lipinski definition) is 1. The smallest absolute Gasteiger partial charge is 0.271 e. The van der Waals surface area contributed by atoms with E-state index in [0.717, 1.165) is 29.3 Å². The van der Waals surface area contributed by atoms with Crippen molar-refractivity contribution in [2.75, 3.05) is 13.2 Å². The number of aryl methyl sites for hydroxylation is 1. The Labute approximate surface area is 121 Å². The van der Waals surface area contributed by atoms with E-state index in [1.807, 2.05) is 19.1 Å². The molecule has 1 N–H and O–H groups in total. The Hall–Kier alpha value is -1.66. The van der Waals surface area contributed by atoms with Gasteiger partial charge < -0.3 is 14.5 Å². The highest BCUT2D eigenvalue weighted by molar-refractivity contribution is 7.15. The highest BCUT2D eigenvalue weighted by atomic mass is 32.1. The van der Waals surface area contributed by atoms with E-state index in [1.165, 1.54) is 11.3 Å². The average Bonchev–Trinajstić information content (AvgIpc) is 3.08. The lowest BCUT2D eigenvalue weighted by atomic mass is 10.1. The summed E-state index contributed by atoms with van der Waals surface area (Å²) >= 11 is 1.47. The van der Waals surface area contributed by atoms with Gasteiger partial charge in [-0.25, -0.2) is 4.98 Å². The minimum Gasteiger partial charge on any atom is -0.462 e. The zero-order valence-corrected chi connectivity index (χ0v) is 12.0. The van der Waals surface area contributed by atoms with Crippen LogP contribution in [0.4, 0.5) is 0 Å². The maximum absolute atomic E-state index is 12.3. The van der Waals surface area contributed by atoms with Gasteiger partial charge in [0.25, 0.3) is 5.91 Å². The highest BCUT2D eigenvalue weighted by Crippen LogP contribution is 2.27. The molecular weight excluding hydrogens is 276 g/mol. The summed E-state index contributed by atoms with van der Waals surface area (Å²) in [5.74, 6) is 0.560. The Morgan fingerprint density at radius 3 is 3.15 bits per heavy atom. The summed E-state index contributed by atoms with van der Waals surface area (Å²) in [6.07, 6.45) is 3.55. The number of rotatable bonds is 3. The number of nitrogens with one attached hydrogen (secondary N) is 1. The standard InChI is InChI=1S/C14H16N2O3S/c1-9-12(13(17)15-10-4-2-6-18-8-10)16-14(20-9)11-5-3-7-19-11/h3,5,7,10H,2,4,6,8H2,1H3,(H,15,17)/t10-/m1/s1. The van der Waals surface area contributed by atoms with Gasteiger partial charge in [-0.05, 0) is 31.9 Å². The van der Waals surface area contributed by atoms with Crippen molar-refractivity contribution in [3.63, 3.8) is 0 Å². The molecule has 0 aliphatic carbocycles. The second kappa shape index (κ2) is 5.76. The van der Waals surface area contributed by atoms with Crippen LogP contribution in [0.2, 0.25) is 0 Å². The summed E-state index contributed by atoms with van der Waals surface area (Å²) in [7, 11) is 0. The topological polar surface area (TPSA) is 64.4 Å². The van der Waals surface area contributed by atoms with E-state index in [9.17, 15) is 4.79 Å². The number of carbonyl (C=O) groups is 1. The van der Waals surface area contributed by atoms with Gasteiger partial charge in [0.1, 0.15) is 5.69 Å². The number of furan rings is 1. The van der Waals surface area contributed by atoms with Gasteiger partial charge in [-0.2, -0.15) is 0 Å². The van der Waals surface area contributed by atoms with Crippen molar-refractivity contribution in [1.29, 1.82) is 0 Å². The van der Waals surface area contributed by atoms with Crippen molar-refractivity contribution < 1.29 is 13.9 Å². The van der Waals surface area contributed by atoms with Gasteiger partial charge in [0.05, 0.1) is 18.9 Å². The number of ether oxygens (including phenoxy) is 1. The molecule has 1 aliphatic heterocycles. The molecule has 1 atom stereocenters. The summed E-state index contributed by atoms with van der Waals surface area (Å²) in [5.41, 5.74) is 0.479. The van der Waals surface area contributed by atoms with E-state index in [1.54, 1.807) is 6.26 Å². The van der Waals surface area contributed by atoms with E-state index in [0.29, 0.717) is 18.1 Å². The lowest BCUT2D eigenvalue weighted by Crippen LogP contribution is -2.40. The summed E-state index contributed by atoms with van der Waals surface area (Å²) < 4.78 is 10.7. The van der Waals surface area contributed by atoms with E-state index in [-0.39, 0.29) is 11.9 Å². The largest absolute Gasteiger partial charge is 0.462 e. The summed E-state index contributed by atoms with van der Waals surface area (Å²) in [6.45, 7) is 3.26. The second-order valence-electron chi connectivity index (χ2n) is 4.79. The van der Waals surface area contributed by atoms with Gasteiger partial charge in [0, 0.05) is 11.5 Å². The quantitative estimate of drug-likeness (QED) is 0.944. The number of nitrogens with zero attached hydrogens (tertiary/aromatic N) is 1. The van der Waals surface area contributed by atoms with E-state index >= 15 is 0 Å². The Bertz CT molecular complexity index is 586. The first-order valence-corrected chi connectivity index (χ1v) is 7.45. The van der Waals surface area contributed by atoms with Crippen LogP contribution in [0.5, 0.6) is 0 Å². The molecule has 3 rings (SSSR count). The number of hydrogen-bond acceptors (Lipinski definition) is 5. The van der Waals surface area contributed by atoms with Crippen molar-refractivity contribution >= 4 is 17.2 Å². The molecule has 1 fully saturated rings. The van der Waals surface area contributed by atoms with Crippen LogP contribution in [0.3, 0.4) is 0 Å². The average molecular weight is 292 g/mol. The lowest BCUT2D eigenvalue weighted by Gasteiger charge is -2.22. The minimum absolute atomic E-state index is 0.0874. The molecule has 5 nitrogen and oxygen atoms in total. The fraction of sp³-hybridized carbons (Fsp3) is 0.429. The molecule has 0 bridgehead atoms. The number of thiazole rings is 1. The maximum atomic E-state index is 12.3.